The highest BCUT2D eigenvalue weighted by molar-refractivity contribution is 7.20. The predicted octanol–water partition coefficient (Wildman–Crippen LogP) is 2.76. The van der Waals surface area contributed by atoms with Gasteiger partial charge in [0.2, 0.25) is 0 Å². The number of fused-ring (bicyclic) bond motifs is 1. The van der Waals surface area contributed by atoms with Crippen molar-refractivity contribution in [1.29, 1.82) is 0 Å². The molecule has 0 aliphatic heterocycles. The van der Waals surface area contributed by atoms with E-state index in [-0.39, 0.29) is 0 Å². The molecule has 0 amide bonds. The van der Waals surface area contributed by atoms with Gasteiger partial charge in [0, 0.05) is 11.8 Å². The van der Waals surface area contributed by atoms with E-state index in [0.29, 0.717) is 4.88 Å². The van der Waals surface area contributed by atoms with E-state index in [0.717, 1.165) is 27.8 Å². The Hall–Kier alpha value is -1.68. The van der Waals surface area contributed by atoms with E-state index in [1.54, 1.807) is 25.4 Å². The maximum Gasteiger partial charge on any atom is 0.160 e. The average molecular weight is 219 g/mol. The first-order valence-electron chi connectivity index (χ1n) is 4.35. The van der Waals surface area contributed by atoms with Crippen molar-refractivity contribution in [3.63, 3.8) is 0 Å². The van der Waals surface area contributed by atoms with Crippen LogP contribution >= 0.6 is 11.3 Å². The third kappa shape index (κ3) is 1.43. The van der Waals surface area contributed by atoms with Gasteiger partial charge in [-0.2, -0.15) is 0 Å². The van der Waals surface area contributed by atoms with Gasteiger partial charge in [0.15, 0.2) is 6.29 Å². The van der Waals surface area contributed by atoms with E-state index >= 15 is 0 Å². The lowest BCUT2D eigenvalue weighted by Gasteiger charge is -2.01. The fourth-order valence-corrected chi connectivity index (χ4v) is 2.47. The monoisotopic (exact) mass is 219 g/mol. The van der Waals surface area contributed by atoms with Crippen molar-refractivity contribution in [2.45, 2.75) is 0 Å². The number of carbonyl (C=O) groups is 1. The number of methoxy groups -OCH3 is 1. The van der Waals surface area contributed by atoms with Crippen LogP contribution in [0.1, 0.15) is 15.2 Å². The second-order valence-electron chi connectivity index (χ2n) is 2.90. The van der Waals surface area contributed by atoms with E-state index in [1.165, 1.54) is 11.3 Å². The third-order valence-corrected chi connectivity index (χ3v) is 3.19. The van der Waals surface area contributed by atoms with Gasteiger partial charge in [-0.3, -0.25) is 4.79 Å². The molecule has 2 rings (SSSR count). The molecular formula is C11H9NO2S. The molecule has 0 N–H and O–H groups in total. The molecule has 0 aromatic carbocycles. The SMILES string of the molecule is C=Cc1c(C=O)sc2nccc(OC)c12. The van der Waals surface area contributed by atoms with Crippen molar-refractivity contribution in [1.82, 2.24) is 4.98 Å². The summed E-state index contributed by atoms with van der Waals surface area (Å²) in [6.45, 7) is 3.70. The molecule has 0 aliphatic rings. The van der Waals surface area contributed by atoms with Crippen molar-refractivity contribution >= 4 is 33.9 Å². The van der Waals surface area contributed by atoms with Crippen LogP contribution in [0.2, 0.25) is 0 Å². The number of carbonyl (C=O) groups excluding carboxylic acids is 1. The maximum atomic E-state index is 10.8. The molecule has 2 aromatic rings. The molecule has 76 valence electrons. The summed E-state index contributed by atoms with van der Waals surface area (Å²) in [6.07, 6.45) is 4.15. The molecule has 0 unspecified atom stereocenters. The summed E-state index contributed by atoms with van der Waals surface area (Å²) >= 11 is 1.35. The van der Waals surface area contributed by atoms with Crippen LogP contribution in [-0.2, 0) is 0 Å². The van der Waals surface area contributed by atoms with Crippen LogP contribution < -0.4 is 4.74 Å². The van der Waals surface area contributed by atoms with Crippen LogP contribution in [0.5, 0.6) is 5.75 Å². The second-order valence-corrected chi connectivity index (χ2v) is 3.93. The van der Waals surface area contributed by atoms with Gasteiger partial charge in [-0.1, -0.05) is 12.7 Å². The molecule has 15 heavy (non-hydrogen) atoms. The number of aromatic nitrogens is 1. The highest BCUT2D eigenvalue weighted by atomic mass is 32.1. The minimum atomic E-state index is 0.636. The largest absolute Gasteiger partial charge is 0.496 e. The van der Waals surface area contributed by atoms with Crippen LogP contribution in [0.25, 0.3) is 16.3 Å². The van der Waals surface area contributed by atoms with E-state index < -0.39 is 0 Å². The van der Waals surface area contributed by atoms with Crippen molar-refractivity contribution in [2.24, 2.45) is 0 Å². The highest BCUT2D eigenvalue weighted by Crippen LogP contribution is 2.35. The first-order chi connectivity index (χ1) is 7.31. The van der Waals surface area contributed by atoms with Gasteiger partial charge in [-0.25, -0.2) is 4.98 Å². The molecule has 0 spiro atoms. The normalized spacial score (nSPS) is 10.2. The zero-order valence-electron chi connectivity index (χ0n) is 8.19. The minimum Gasteiger partial charge on any atom is -0.496 e. The minimum absolute atomic E-state index is 0.636. The Kier molecular flexibility index (Phi) is 2.51. The summed E-state index contributed by atoms with van der Waals surface area (Å²) in [6, 6.07) is 1.77. The van der Waals surface area contributed by atoms with Crippen LogP contribution in [0, 0.1) is 0 Å². The van der Waals surface area contributed by atoms with Gasteiger partial charge in [-0.05, 0) is 6.07 Å². The van der Waals surface area contributed by atoms with E-state index in [2.05, 4.69) is 11.6 Å². The van der Waals surface area contributed by atoms with Crippen molar-refractivity contribution in [3.05, 3.63) is 29.3 Å². The molecule has 0 aliphatic carbocycles. The Bertz CT molecular complexity index is 531. The van der Waals surface area contributed by atoms with Crippen LogP contribution in [0.15, 0.2) is 18.8 Å². The summed E-state index contributed by atoms with van der Waals surface area (Å²) in [4.78, 5) is 16.5. The van der Waals surface area contributed by atoms with Gasteiger partial charge in [0.25, 0.3) is 0 Å². The van der Waals surface area contributed by atoms with Gasteiger partial charge in [-0.15, -0.1) is 11.3 Å². The summed E-state index contributed by atoms with van der Waals surface area (Å²) in [5, 5.41) is 0.863. The quantitative estimate of drug-likeness (QED) is 0.745. The van der Waals surface area contributed by atoms with Gasteiger partial charge in [0.1, 0.15) is 10.6 Å². The lowest BCUT2D eigenvalue weighted by Crippen LogP contribution is -1.85. The Balaban J connectivity index is 2.89. The molecule has 3 nitrogen and oxygen atoms in total. The standard InChI is InChI=1S/C11H9NO2S/c1-3-7-9(6-13)15-11-10(7)8(14-2)4-5-12-11/h3-6H,1H2,2H3. The van der Waals surface area contributed by atoms with Gasteiger partial charge >= 0.3 is 0 Å². The number of pyridine rings is 1. The molecule has 0 atom stereocenters. The maximum absolute atomic E-state index is 10.8. The Morgan fingerprint density at radius 3 is 3.00 bits per heavy atom. The second kappa shape index (κ2) is 3.82. The number of rotatable bonds is 3. The fourth-order valence-electron chi connectivity index (χ4n) is 1.49. The summed E-state index contributed by atoms with van der Waals surface area (Å²) in [5.74, 6) is 0.722. The highest BCUT2D eigenvalue weighted by Gasteiger charge is 2.13. The molecule has 2 heterocycles. The zero-order chi connectivity index (χ0) is 10.8. The fraction of sp³-hybridized carbons (Fsp3) is 0.0909. The van der Waals surface area contributed by atoms with Crippen molar-refractivity contribution in [3.8, 4) is 5.75 Å². The lowest BCUT2D eigenvalue weighted by molar-refractivity contribution is 0.112. The van der Waals surface area contributed by atoms with Crippen LogP contribution in [0.4, 0.5) is 0 Å². The number of nitrogens with zero attached hydrogens (tertiary/aromatic N) is 1. The molecule has 4 heteroatoms. The Labute approximate surface area is 91.0 Å². The summed E-state index contributed by atoms with van der Waals surface area (Å²) in [7, 11) is 1.60. The van der Waals surface area contributed by atoms with Crippen LogP contribution in [0.3, 0.4) is 0 Å². The first kappa shape index (κ1) is 9.86. The van der Waals surface area contributed by atoms with Crippen molar-refractivity contribution < 1.29 is 9.53 Å². The zero-order valence-corrected chi connectivity index (χ0v) is 9.00. The van der Waals surface area contributed by atoms with Gasteiger partial charge < -0.3 is 4.74 Å². The van der Waals surface area contributed by atoms with Crippen LogP contribution in [-0.4, -0.2) is 18.4 Å². The third-order valence-electron chi connectivity index (χ3n) is 2.15. The molecule has 0 bridgehead atoms. The number of hydrogen-bond donors (Lipinski definition) is 0. The number of ether oxygens (including phenoxy) is 1. The van der Waals surface area contributed by atoms with Gasteiger partial charge in [0.05, 0.1) is 17.4 Å². The van der Waals surface area contributed by atoms with E-state index in [9.17, 15) is 4.79 Å². The Morgan fingerprint density at radius 1 is 1.60 bits per heavy atom. The topological polar surface area (TPSA) is 39.2 Å². The first-order valence-corrected chi connectivity index (χ1v) is 5.16. The molecular weight excluding hydrogens is 210 g/mol. The predicted molar refractivity (Wildman–Crippen MR) is 61.7 cm³/mol. The number of thiophene rings is 1. The lowest BCUT2D eigenvalue weighted by atomic mass is 10.1. The van der Waals surface area contributed by atoms with E-state index in [4.69, 9.17) is 4.74 Å². The molecule has 0 radical (unpaired) electrons. The number of aldehydes is 1. The number of hydrogen-bond acceptors (Lipinski definition) is 4. The van der Waals surface area contributed by atoms with E-state index in [1.807, 2.05) is 0 Å². The molecule has 0 saturated heterocycles. The average Bonchev–Trinajstić information content (AvgIpc) is 2.66. The Morgan fingerprint density at radius 2 is 2.40 bits per heavy atom. The smallest absolute Gasteiger partial charge is 0.160 e. The molecule has 0 saturated carbocycles. The molecule has 0 fully saturated rings. The summed E-state index contributed by atoms with van der Waals surface area (Å²) in [5.41, 5.74) is 0.801. The molecule has 2 aromatic heterocycles. The van der Waals surface area contributed by atoms with Crippen molar-refractivity contribution in [2.75, 3.05) is 7.11 Å². The summed E-state index contributed by atoms with van der Waals surface area (Å²) < 4.78 is 5.23.